The molecule has 6 heteroatoms. The van der Waals surface area contributed by atoms with E-state index in [0.29, 0.717) is 25.6 Å². The zero-order chi connectivity index (χ0) is 18.6. The van der Waals surface area contributed by atoms with Crippen LogP contribution < -0.4 is 10.1 Å². The van der Waals surface area contributed by atoms with Gasteiger partial charge >= 0.3 is 0 Å². The van der Waals surface area contributed by atoms with Crippen molar-refractivity contribution in [1.82, 2.24) is 4.90 Å². The number of nitrogens with zero attached hydrogens (tertiary/aromatic N) is 1. The molecule has 2 heterocycles. The van der Waals surface area contributed by atoms with E-state index in [1.807, 2.05) is 29.2 Å². The van der Waals surface area contributed by atoms with Gasteiger partial charge in [0.2, 0.25) is 11.8 Å². The summed E-state index contributed by atoms with van der Waals surface area (Å²) >= 11 is 0. The number of amides is 2. The van der Waals surface area contributed by atoms with Crippen molar-refractivity contribution in [2.45, 2.75) is 57.1 Å². The highest BCUT2D eigenvalue weighted by atomic mass is 16.5. The summed E-state index contributed by atoms with van der Waals surface area (Å²) in [5.41, 5.74) is 0.733. The van der Waals surface area contributed by atoms with Gasteiger partial charge in [0.15, 0.2) is 0 Å². The van der Waals surface area contributed by atoms with Gasteiger partial charge in [-0.15, -0.1) is 0 Å². The first-order valence-electron chi connectivity index (χ1n) is 10.1. The summed E-state index contributed by atoms with van der Waals surface area (Å²) in [6.45, 7) is 1.94. The van der Waals surface area contributed by atoms with Crippen LogP contribution in [0, 0.1) is 5.92 Å². The van der Waals surface area contributed by atoms with Gasteiger partial charge < -0.3 is 19.7 Å². The number of hydrogen-bond donors (Lipinski definition) is 1. The molecule has 1 aromatic rings. The first kappa shape index (κ1) is 18.3. The maximum absolute atomic E-state index is 12.6. The lowest BCUT2D eigenvalue weighted by molar-refractivity contribution is -0.129. The molecule has 3 aliphatic rings. The SMILES string of the molecule is O=C(Nc1ccc(OC[C@@H]2CCCO2)cc1)[C@@H]1CC(=O)N(C2CCCC2)C1. The Labute approximate surface area is 160 Å². The van der Waals surface area contributed by atoms with Crippen molar-refractivity contribution in [2.75, 3.05) is 25.1 Å². The maximum atomic E-state index is 12.6. The van der Waals surface area contributed by atoms with Gasteiger partial charge in [-0.1, -0.05) is 12.8 Å². The van der Waals surface area contributed by atoms with Crippen LogP contribution in [0.2, 0.25) is 0 Å². The molecule has 2 atom stereocenters. The minimum atomic E-state index is -0.256. The van der Waals surface area contributed by atoms with Crippen molar-refractivity contribution in [3.8, 4) is 5.75 Å². The van der Waals surface area contributed by atoms with Crippen LogP contribution in [0.1, 0.15) is 44.9 Å². The second-order valence-corrected chi connectivity index (χ2v) is 7.85. The Balaban J connectivity index is 1.27. The second kappa shape index (κ2) is 8.30. The maximum Gasteiger partial charge on any atom is 0.229 e. The first-order chi connectivity index (χ1) is 13.2. The fraction of sp³-hybridized carbons (Fsp3) is 0.619. The molecule has 4 rings (SSSR count). The molecule has 0 spiro atoms. The monoisotopic (exact) mass is 372 g/mol. The third-order valence-electron chi connectivity index (χ3n) is 5.88. The van der Waals surface area contributed by atoms with E-state index >= 15 is 0 Å². The quantitative estimate of drug-likeness (QED) is 0.834. The largest absolute Gasteiger partial charge is 0.491 e. The number of likely N-dealkylation sites (tertiary alicyclic amines) is 1. The van der Waals surface area contributed by atoms with E-state index in [4.69, 9.17) is 9.47 Å². The summed E-state index contributed by atoms with van der Waals surface area (Å²) in [6, 6.07) is 7.74. The number of carbonyl (C=O) groups excluding carboxylic acids is 2. The van der Waals surface area contributed by atoms with Gasteiger partial charge in [-0.05, 0) is 49.9 Å². The molecule has 2 amide bonds. The number of anilines is 1. The van der Waals surface area contributed by atoms with Crippen LogP contribution in [0.3, 0.4) is 0 Å². The Morgan fingerprint density at radius 3 is 2.63 bits per heavy atom. The van der Waals surface area contributed by atoms with Crippen molar-refractivity contribution in [3.63, 3.8) is 0 Å². The molecule has 27 heavy (non-hydrogen) atoms. The van der Waals surface area contributed by atoms with Crippen LogP contribution in [-0.2, 0) is 14.3 Å². The summed E-state index contributed by atoms with van der Waals surface area (Å²) in [5.74, 6) is 0.567. The second-order valence-electron chi connectivity index (χ2n) is 7.85. The fourth-order valence-electron chi connectivity index (χ4n) is 4.32. The van der Waals surface area contributed by atoms with Gasteiger partial charge in [0.05, 0.1) is 12.0 Å². The first-order valence-corrected chi connectivity index (χ1v) is 10.1. The zero-order valence-corrected chi connectivity index (χ0v) is 15.7. The number of nitrogens with one attached hydrogen (secondary N) is 1. The minimum absolute atomic E-state index is 0.0723. The highest BCUT2D eigenvalue weighted by molar-refractivity contribution is 5.97. The molecular formula is C21H28N2O4. The lowest BCUT2D eigenvalue weighted by Crippen LogP contribution is -2.35. The van der Waals surface area contributed by atoms with Gasteiger partial charge in [0.25, 0.3) is 0 Å². The van der Waals surface area contributed by atoms with Crippen LogP contribution in [0.5, 0.6) is 5.75 Å². The van der Waals surface area contributed by atoms with E-state index in [-0.39, 0.29) is 23.8 Å². The molecule has 6 nitrogen and oxygen atoms in total. The Kier molecular flexibility index (Phi) is 5.62. The lowest BCUT2D eigenvalue weighted by atomic mass is 10.1. The Morgan fingerprint density at radius 1 is 1.15 bits per heavy atom. The van der Waals surface area contributed by atoms with Crippen molar-refractivity contribution >= 4 is 17.5 Å². The molecule has 2 aliphatic heterocycles. The molecular weight excluding hydrogens is 344 g/mol. The highest BCUT2D eigenvalue weighted by Gasteiger charge is 2.38. The molecule has 0 aromatic heterocycles. The average Bonchev–Trinajstić information content (AvgIpc) is 3.43. The Morgan fingerprint density at radius 2 is 1.93 bits per heavy atom. The number of ether oxygens (including phenoxy) is 2. The third-order valence-corrected chi connectivity index (χ3v) is 5.88. The number of rotatable bonds is 6. The van der Waals surface area contributed by atoms with Crippen LogP contribution in [-0.4, -0.2) is 48.6 Å². The van der Waals surface area contributed by atoms with E-state index in [0.717, 1.165) is 43.7 Å². The minimum Gasteiger partial charge on any atom is -0.491 e. The van der Waals surface area contributed by atoms with Crippen LogP contribution >= 0.6 is 0 Å². The zero-order valence-electron chi connectivity index (χ0n) is 15.7. The summed E-state index contributed by atoms with van der Waals surface area (Å²) in [5, 5.41) is 2.94. The van der Waals surface area contributed by atoms with Crippen molar-refractivity contribution in [1.29, 1.82) is 0 Å². The molecule has 0 unspecified atom stereocenters. The average molecular weight is 372 g/mol. The van der Waals surface area contributed by atoms with Crippen molar-refractivity contribution in [3.05, 3.63) is 24.3 Å². The smallest absolute Gasteiger partial charge is 0.229 e. The van der Waals surface area contributed by atoms with Crippen LogP contribution in [0.25, 0.3) is 0 Å². The van der Waals surface area contributed by atoms with Crippen LogP contribution in [0.4, 0.5) is 5.69 Å². The number of carbonyl (C=O) groups is 2. The van der Waals surface area contributed by atoms with E-state index in [1.54, 1.807) is 0 Å². The van der Waals surface area contributed by atoms with Gasteiger partial charge in [-0.3, -0.25) is 9.59 Å². The number of hydrogen-bond acceptors (Lipinski definition) is 4. The lowest BCUT2D eigenvalue weighted by Gasteiger charge is -2.23. The molecule has 1 aliphatic carbocycles. The highest BCUT2D eigenvalue weighted by Crippen LogP contribution is 2.30. The Hall–Kier alpha value is -2.08. The standard InChI is InChI=1S/C21H28N2O4/c24-20-12-15(13-23(20)17-4-1-2-5-17)21(25)22-16-7-9-18(10-8-16)27-14-19-6-3-11-26-19/h7-10,15,17,19H,1-6,11-14H2,(H,22,25)/t15-,19+/m1/s1. The van der Waals surface area contributed by atoms with E-state index in [1.165, 1.54) is 12.8 Å². The van der Waals surface area contributed by atoms with Crippen LogP contribution in [0.15, 0.2) is 24.3 Å². The molecule has 3 fully saturated rings. The molecule has 2 saturated heterocycles. The molecule has 0 bridgehead atoms. The summed E-state index contributed by atoms with van der Waals surface area (Å²) in [6.07, 6.45) is 7.19. The van der Waals surface area contributed by atoms with E-state index in [2.05, 4.69) is 5.32 Å². The van der Waals surface area contributed by atoms with E-state index in [9.17, 15) is 9.59 Å². The summed E-state index contributed by atoms with van der Waals surface area (Å²) in [4.78, 5) is 26.8. The number of benzene rings is 1. The molecule has 1 saturated carbocycles. The van der Waals surface area contributed by atoms with Gasteiger partial charge in [-0.2, -0.15) is 0 Å². The van der Waals surface area contributed by atoms with E-state index < -0.39 is 0 Å². The van der Waals surface area contributed by atoms with Gasteiger partial charge in [0.1, 0.15) is 12.4 Å². The summed E-state index contributed by atoms with van der Waals surface area (Å²) < 4.78 is 11.3. The molecule has 1 N–H and O–H groups in total. The third kappa shape index (κ3) is 4.43. The van der Waals surface area contributed by atoms with Gasteiger partial charge in [0, 0.05) is 31.3 Å². The molecule has 0 radical (unpaired) electrons. The topological polar surface area (TPSA) is 67.9 Å². The van der Waals surface area contributed by atoms with Crippen molar-refractivity contribution < 1.29 is 19.1 Å². The Bertz CT molecular complexity index is 663. The van der Waals surface area contributed by atoms with Crippen molar-refractivity contribution in [2.24, 2.45) is 5.92 Å². The van der Waals surface area contributed by atoms with Gasteiger partial charge in [-0.25, -0.2) is 0 Å². The normalized spacial score (nSPS) is 25.9. The molecule has 1 aromatic carbocycles. The predicted molar refractivity (Wildman–Crippen MR) is 102 cm³/mol. The predicted octanol–water partition coefficient (Wildman–Crippen LogP) is 2.97. The molecule has 146 valence electrons. The fourth-order valence-corrected chi connectivity index (χ4v) is 4.32. The summed E-state index contributed by atoms with van der Waals surface area (Å²) in [7, 11) is 0.